The molecule has 0 saturated heterocycles. The van der Waals surface area contributed by atoms with Crippen LogP contribution in [0.5, 0.6) is 0 Å². The molecule has 1 rings (SSSR count). The molecule has 76 valence electrons. The van der Waals surface area contributed by atoms with Gasteiger partial charge < -0.3 is 5.73 Å². The summed E-state index contributed by atoms with van der Waals surface area (Å²) >= 11 is 2.68. The van der Waals surface area contributed by atoms with Crippen LogP contribution in [0, 0.1) is 5.82 Å². The summed E-state index contributed by atoms with van der Waals surface area (Å²) in [6.07, 6.45) is -2.90. The quantitative estimate of drug-likeness (QED) is 0.835. The van der Waals surface area contributed by atoms with Gasteiger partial charge in [-0.05, 0) is 15.9 Å². The Morgan fingerprint density at radius 3 is 2.50 bits per heavy atom. The highest BCUT2D eigenvalue weighted by molar-refractivity contribution is 9.10. The second kappa shape index (κ2) is 3.95. The van der Waals surface area contributed by atoms with E-state index in [0.717, 1.165) is 0 Å². The molecule has 1 amide bonds. The number of aromatic nitrogens is 1. The second-order valence-electron chi connectivity index (χ2n) is 2.36. The van der Waals surface area contributed by atoms with Crippen molar-refractivity contribution in [2.45, 2.75) is 6.43 Å². The van der Waals surface area contributed by atoms with Gasteiger partial charge in [-0.1, -0.05) is 0 Å². The molecule has 0 spiro atoms. The summed E-state index contributed by atoms with van der Waals surface area (Å²) in [5.74, 6) is -2.18. The Hall–Kier alpha value is -1.11. The Balaban J connectivity index is 3.32. The molecule has 7 heteroatoms. The highest BCUT2D eigenvalue weighted by atomic mass is 79.9. The van der Waals surface area contributed by atoms with E-state index in [9.17, 15) is 18.0 Å². The summed E-state index contributed by atoms with van der Waals surface area (Å²) in [5, 5.41) is 0. The predicted molar refractivity (Wildman–Crippen MR) is 45.4 cm³/mol. The fraction of sp³-hybridized carbons (Fsp3) is 0.143. The van der Waals surface area contributed by atoms with Crippen molar-refractivity contribution in [3.05, 3.63) is 27.7 Å². The fourth-order valence-corrected chi connectivity index (χ4v) is 1.42. The molecule has 0 aromatic carbocycles. The Morgan fingerprint density at radius 2 is 2.14 bits per heavy atom. The lowest BCUT2D eigenvalue weighted by molar-refractivity contribution is 0.0993. The van der Waals surface area contributed by atoms with Crippen LogP contribution in [0.1, 0.15) is 22.5 Å². The van der Waals surface area contributed by atoms with Crippen molar-refractivity contribution in [2.75, 3.05) is 0 Å². The molecule has 1 heterocycles. The lowest BCUT2D eigenvalue weighted by Crippen LogP contribution is -2.15. The van der Waals surface area contributed by atoms with E-state index in [1.165, 1.54) is 0 Å². The van der Waals surface area contributed by atoms with Crippen molar-refractivity contribution in [1.29, 1.82) is 0 Å². The largest absolute Gasteiger partial charge is 0.365 e. The molecule has 0 aliphatic carbocycles. The van der Waals surface area contributed by atoms with Crippen molar-refractivity contribution in [2.24, 2.45) is 5.73 Å². The van der Waals surface area contributed by atoms with Gasteiger partial charge in [-0.3, -0.25) is 4.79 Å². The summed E-state index contributed by atoms with van der Waals surface area (Å²) in [6.45, 7) is 0. The van der Waals surface area contributed by atoms with Crippen LogP contribution in [0.25, 0.3) is 0 Å². The maximum atomic E-state index is 13.0. The summed E-state index contributed by atoms with van der Waals surface area (Å²) in [7, 11) is 0. The van der Waals surface area contributed by atoms with Gasteiger partial charge in [0.25, 0.3) is 12.3 Å². The van der Waals surface area contributed by atoms with Crippen LogP contribution in [0.15, 0.2) is 10.7 Å². The minimum absolute atomic E-state index is 0.319. The summed E-state index contributed by atoms with van der Waals surface area (Å²) in [4.78, 5) is 13.9. The van der Waals surface area contributed by atoms with Gasteiger partial charge in [-0.2, -0.15) is 0 Å². The molecule has 0 aliphatic rings. The molecule has 0 atom stereocenters. The van der Waals surface area contributed by atoms with Gasteiger partial charge in [0.1, 0.15) is 21.7 Å². The normalized spacial score (nSPS) is 10.6. The summed E-state index contributed by atoms with van der Waals surface area (Å²) in [5.41, 5.74) is 3.52. The number of rotatable bonds is 2. The Labute approximate surface area is 85.2 Å². The van der Waals surface area contributed by atoms with E-state index in [4.69, 9.17) is 5.73 Å². The van der Waals surface area contributed by atoms with Crippen LogP contribution in [0.4, 0.5) is 13.2 Å². The second-order valence-corrected chi connectivity index (χ2v) is 3.11. The Bertz CT molecular complexity index is 360. The lowest BCUT2D eigenvalue weighted by Gasteiger charge is -2.04. The molecule has 0 aliphatic heterocycles. The first kappa shape index (κ1) is 11.0. The first-order chi connectivity index (χ1) is 6.43. The Morgan fingerprint density at radius 1 is 1.57 bits per heavy atom. The van der Waals surface area contributed by atoms with Crippen molar-refractivity contribution < 1.29 is 18.0 Å². The van der Waals surface area contributed by atoms with E-state index in [-0.39, 0.29) is 4.60 Å². The standard InChI is InChI=1S/C7H4BrF3N2O/c8-5-4(7(12)14)2(9)1-3(13-5)6(10)11/h1,6H,(H2,12,14). The maximum Gasteiger partial charge on any atom is 0.280 e. The zero-order chi connectivity index (χ0) is 10.9. The number of alkyl halides is 2. The van der Waals surface area contributed by atoms with Crippen LogP contribution >= 0.6 is 15.9 Å². The smallest absolute Gasteiger partial charge is 0.280 e. The topological polar surface area (TPSA) is 56.0 Å². The van der Waals surface area contributed by atoms with Crippen LogP contribution in [0.2, 0.25) is 0 Å². The first-order valence-electron chi connectivity index (χ1n) is 3.37. The number of halogens is 4. The SMILES string of the molecule is NC(=O)c1c(F)cc(C(F)F)nc1Br. The predicted octanol–water partition coefficient (Wildman–Crippen LogP) is 2.02. The van der Waals surface area contributed by atoms with Crippen LogP contribution in [-0.2, 0) is 0 Å². The van der Waals surface area contributed by atoms with E-state index in [1.54, 1.807) is 0 Å². The van der Waals surface area contributed by atoms with Crippen molar-refractivity contribution in [1.82, 2.24) is 4.98 Å². The molecule has 0 saturated carbocycles. The van der Waals surface area contributed by atoms with E-state index in [2.05, 4.69) is 20.9 Å². The van der Waals surface area contributed by atoms with Gasteiger partial charge in [0.15, 0.2) is 0 Å². The number of pyridine rings is 1. The van der Waals surface area contributed by atoms with E-state index in [1.807, 2.05) is 0 Å². The van der Waals surface area contributed by atoms with E-state index in [0.29, 0.717) is 6.07 Å². The van der Waals surface area contributed by atoms with Crippen molar-refractivity contribution in [3.63, 3.8) is 0 Å². The van der Waals surface area contributed by atoms with Crippen molar-refractivity contribution >= 4 is 21.8 Å². The third-order valence-electron chi connectivity index (χ3n) is 1.42. The molecule has 0 fully saturated rings. The van der Waals surface area contributed by atoms with Crippen LogP contribution in [-0.4, -0.2) is 10.9 Å². The maximum absolute atomic E-state index is 13.0. The van der Waals surface area contributed by atoms with Gasteiger partial charge in [0.05, 0.1) is 0 Å². The van der Waals surface area contributed by atoms with Crippen molar-refractivity contribution in [3.8, 4) is 0 Å². The summed E-state index contributed by atoms with van der Waals surface area (Å²) in [6, 6.07) is 0.482. The van der Waals surface area contributed by atoms with Gasteiger partial charge in [0.2, 0.25) is 0 Å². The molecular formula is C7H4BrF3N2O. The lowest BCUT2D eigenvalue weighted by atomic mass is 10.2. The molecular weight excluding hydrogens is 265 g/mol. The number of hydrogen-bond acceptors (Lipinski definition) is 2. The number of hydrogen-bond donors (Lipinski definition) is 1. The molecule has 0 unspecified atom stereocenters. The number of primary amides is 1. The number of carbonyl (C=O) groups excluding carboxylic acids is 1. The van der Waals surface area contributed by atoms with Gasteiger partial charge >= 0.3 is 0 Å². The number of nitrogens with two attached hydrogens (primary N) is 1. The summed E-state index contributed by atoms with van der Waals surface area (Å²) < 4.78 is 36.9. The molecule has 14 heavy (non-hydrogen) atoms. The molecule has 2 N–H and O–H groups in total. The molecule has 0 radical (unpaired) electrons. The van der Waals surface area contributed by atoms with E-state index >= 15 is 0 Å². The number of amides is 1. The van der Waals surface area contributed by atoms with Gasteiger partial charge in [-0.25, -0.2) is 18.2 Å². The third kappa shape index (κ3) is 2.03. The molecule has 1 aromatic heterocycles. The highest BCUT2D eigenvalue weighted by Crippen LogP contribution is 2.23. The third-order valence-corrected chi connectivity index (χ3v) is 1.99. The minimum atomic E-state index is -2.90. The minimum Gasteiger partial charge on any atom is -0.365 e. The van der Waals surface area contributed by atoms with Crippen LogP contribution in [0.3, 0.4) is 0 Å². The highest BCUT2D eigenvalue weighted by Gasteiger charge is 2.19. The average molecular weight is 269 g/mol. The zero-order valence-electron chi connectivity index (χ0n) is 6.60. The van der Waals surface area contributed by atoms with Gasteiger partial charge in [-0.15, -0.1) is 0 Å². The fourth-order valence-electron chi connectivity index (χ4n) is 0.833. The van der Waals surface area contributed by atoms with Crippen LogP contribution < -0.4 is 5.73 Å². The van der Waals surface area contributed by atoms with Gasteiger partial charge in [0, 0.05) is 6.07 Å². The average Bonchev–Trinajstić information content (AvgIpc) is 2.01. The number of nitrogens with zero attached hydrogens (tertiary/aromatic N) is 1. The number of carbonyl (C=O) groups is 1. The molecule has 0 bridgehead atoms. The molecule has 3 nitrogen and oxygen atoms in total. The van der Waals surface area contributed by atoms with E-state index < -0.39 is 29.4 Å². The zero-order valence-corrected chi connectivity index (χ0v) is 8.19. The first-order valence-corrected chi connectivity index (χ1v) is 4.16. The monoisotopic (exact) mass is 268 g/mol. The molecule has 1 aromatic rings. The Kier molecular flexibility index (Phi) is 3.10.